The number of ether oxygens (including phenoxy) is 1. The Morgan fingerprint density at radius 2 is 1.50 bits per heavy atom. The summed E-state index contributed by atoms with van der Waals surface area (Å²) >= 11 is 0. The maximum atomic E-state index is 14.6. The van der Waals surface area contributed by atoms with Crippen LogP contribution in [-0.4, -0.2) is 41.8 Å². The molecule has 0 radical (unpaired) electrons. The zero-order valence-corrected chi connectivity index (χ0v) is 23.8. The Bertz CT molecular complexity index is 1530. The largest absolute Gasteiger partial charge is 0.497 e. The molecule has 214 valence electrons. The maximum absolute atomic E-state index is 14.6. The van der Waals surface area contributed by atoms with Crippen LogP contribution in [0, 0.1) is 11.7 Å². The highest BCUT2D eigenvalue weighted by Crippen LogP contribution is 2.45. The van der Waals surface area contributed by atoms with Crippen LogP contribution in [0.5, 0.6) is 5.75 Å². The lowest BCUT2D eigenvalue weighted by Gasteiger charge is -2.44. The smallest absolute Gasteiger partial charge is 0.255 e. The van der Waals surface area contributed by atoms with Crippen LogP contribution in [-0.2, 0) is 17.8 Å². The minimum atomic E-state index is -0.571. The fourth-order valence-corrected chi connectivity index (χ4v) is 6.49. The van der Waals surface area contributed by atoms with Gasteiger partial charge in [-0.1, -0.05) is 72.8 Å². The summed E-state index contributed by atoms with van der Waals surface area (Å²) in [6.07, 6.45) is 2.91. The first-order valence-corrected chi connectivity index (χ1v) is 14.6. The van der Waals surface area contributed by atoms with Crippen LogP contribution in [0.3, 0.4) is 0 Å². The number of fused-ring (bicyclic) bond motifs is 1. The molecule has 4 aromatic carbocycles. The highest BCUT2D eigenvalue weighted by Gasteiger charge is 2.45. The maximum Gasteiger partial charge on any atom is 0.255 e. The molecule has 5 nitrogen and oxygen atoms in total. The second-order valence-electron chi connectivity index (χ2n) is 11.3. The normalized spacial score (nSPS) is 19.0. The number of carbonyl (C=O) groups is 2. The lowest BCUT2D eigenvalue weighted by Crippen LogP contribution is -2.49. The number of nitrogens with zero attached hydrogens (tertiary/aromatic N) is 2. The van der Waals surface area contributed by atoms with Crippen LogP contribution in [0.25, 0.3) is 0 Å². The molecular formula is C36H35FN2O3. The summed E-state index contributed by atoms with van der Waals surface area (Å²) in [5, 5.41) is 0. The van der Waals surface area contributed by atoms with Crippen molar-refractivity contribution >= 4 is 11.8 Å². The molecule has 2 unspecified atom stereocenters. The van der Waals surface area contributed by atoms with Crippen LogP contribution in [0.4, 0.5) is 4.39 Å². The number of benzene rings is 4. The third-order valence-corrected chi connectivity index (χ3v) is 8.72. The molecule has 2 atom stereocenters. The van der Waals surface area contributed by atoms with E-state index in [0.717, 1.165) is 36.0 Å². The first-order valence-electron chi connectivity index (χ1n) is 14.6. The quantitative estimate of drug-likeness (QED) is 0.249. The lowest BCUT2D eigenvalue weighted by molar-refractivity contribution is -0.136. The van der Waals surface area contributed by atoms with E-state index >= 15 is 0 Å². The zero-order chi connectivity index (χ0) is 29.1. The van der Waals surface area contributed by atoms with E-state index in [-0.39, 0.29) is 24.2 Å². The molecule has 6 heteroatoms. The van der Waals surface area contributed by atoms with Crippen molar-refractivity contribution in [2.45, 2.75) is 37.8 Å². The average Bonchev–Trinajstić information content (AvgIpc) is 3.04. The van der Waals surface area contributed by atoms with E-state index in [9.17, 15) is 14.0 Å². The molecule has 0 N–H and O–H groups in total. The minimum absolute atomic E-state index is 0.0398. The molecule has 6 rings (SSSR count). The summed E-state index contributed by atoms with van der Waals surface area (Å²) in [5.41, 5.74) is 4.29. The summed E-state index contributed by atoms with van der Waals surface area (Å²) in [5.74, 6) is 0.237. The van der Waals surface area contributed by atoms with Gasteiger partial charge in [0, 0.05) is 25.2 Å². The van der Waals surface area contributed by atoms with Crippen molar-refractivity contribution in [3.05, 3.63) is 137 Å². The predicted molar refractivity (Wildman–Crippen MR) is 161 cm³/mol. The highest BCUT2D eigenvalue weighted by atomic mass is 19.1. The summed E-state index contributed by atoms with van der Waals surface area (Å²) in [6.45, 7) is 1.64. The van der Waals surface area contributed by atoms with Gasteiger partial charge in [-0.25, -0.2) is 4.39 Å². The predicted octanol–water partition coefficient (Wildman–Crippen LogP) is 6.80. The molecule has 4 aromatic rings. The SMILES string of the molecule is COc1ccc(C2C(C(=O)N3CCC(Cc4ccccc4)CC3)c3ccccc3C(=O)N2Cc2ccc(F)cc2)cc1. The fourth-order valence-electron chi connectivity index (χ4n) is 6.49. The van der Waals surface area contributed by atoms with Crippen molar-refractivity contribution in [3.8, 4) is 5.75 Å². The van der Waals surface area contributed by atoms with Gasteiger partial charge in [-0.05, 0) is 77.8 Å². The van der Waals surface area contributed by atoms with Gasteiger partial charge in [-0.15, -0.1) is 0 Å². The van der Waals surface area contributed by atoms with Crippen molar-refractivity contribution in [3.63, 3.8) is 0 Å². The van der Waals surface area contributed by atoms with Gasteiger partial charge in [0.1, 0.15) is 11.6 Å². The zero-order valence-electron chi connectivity index (χ0n) is 23.8. The van der Waals surface area contributed by atoms with E-state index in [1.165, 1.54) is 17.7 Å². The molecule has 0 aromatic heterocycles. The number of piperidine rings is 1. The van der Waals surface area contributed by atoms with Crippen molar-refractivity contribution in [2.24, 2.45) is 5.92 Å². The third-order valence-electron chi connectivity index (χ3n) is 8.72. The van der Waals surface area contributed by atoms with E-state index in [4.69, 9.17) is 4.74 Å². The Kier molecular flexibility index (Phi) is 8.04. The van der Waals surface area contributed by atoms with E-state index in [1.54, 1.807) is 24.1 Å². The molecule has 2 aliphatic rings. The van der Waals surface area contributed by atoms with E-state index in [0.29, 0.717) is 30.3 Å². The number of hydrogen-bond acceptors (Lipinski definition) is 3. The van der Waals surface area contributed by atoms with Gasteiger partial charge in [0.05, 0.1) is 19.1 Å². The molecule has 2 heterocycles. The second kappa shape index (κ2) is 12.2. The average molecular weight is 563 g/mol. The lowest BCUT2D eigenvalue weighted by atomic mass is 9.78. The molecule has 1 saturated heterocycles. The van der Waals surface area contributed by atoms with Gasteiger partial charge in [-0.2, -0.15) is 0 Å². The Morgan fingerprint density at radius 1 is 0.833 bits per heavy atom. The number of likely N-dealkylation sites (tertiary alicyclic amines) is 1. The van der Waals surface area contributed by atoms with Crippen LogP contribution in [0.15, 0.2) is 103 Å². The van der Waals surface area contributed by atoms with Gasteiger partial charge >= 0.3 is 0 Å². The monoisotopic (exact) mass is 562 g/mol. The van der Waals surface area contributed by atoms with E-state index in [1.807, 2.05) is 59.5 Å². The Morgan fingerprint density at radius 3 is 2.19 bits per heavy atom. The highest BCUT2D eigenvalue weighted by molar-refractivity contribution is 6.01. The molecule has 0 bridgehead atoms. The molecule has 2 amide bonds. The van der Waals surface area contributed by atoms with Gasteiger partial charge in [0.2, 0.25) is 5.91 Å². The van der Waals surface area contributed by atoms with Crippen molar-refractivity contribution in [2.75, 3.05) is 20.2 Å². The number of hydrogen-bond donors (Lipinski definition) is 0. The molecule has 42 heavy (non-hydrogen) atoms. The summed E-state index contributed by atoms with van der Waals surface area (Å²) < 4.78 is 19.1. The Hall–Kier alpha value is -4.45. The Balaban J connectivity index is 1.34. The summed E-state index contributed by atoms with van der Waals surface area (Å²) in [7, 11) is 1.62. The Labute approximate surface area is 246 Å². The summed E-state index contributed by atoms with van der Waals surface area (Å²) in [4.78, 5) is 32.4. The number of carbonyl (C=O) groups excluding carboxylic acids is 2. The van der Waals surface area contributed by atoms with Gasteiger partial charge < -0.3 is 14.5 Å². The van der Waals surface area contributed by atoms with Gasteiger partial charge in [-0.3, -0.25) is 9.59 Å². The topological polar surface area (TPSA) is 49.9 Å². The fraction of sp³-hybridized carbons (Fsp3) is 0.278. The first-order chi connectivity index (χ1) is 20.5. The minimum Gasteiger partial charge on any atom is -0.497 e. The molecule has 0 spiro atoms. The number of halogens is 1. The van der Waals surface area contributed by atoms with Gasteiger partial charge in [0.25, 0.3) is 5.91 Å². The first kappa shape index (κ1) is 27.7. The van der Waals surface area contributed by atoms with E-state index in [2.05, 4.69) is 24.3 Å². The van der Waals surface area contributed by atoms with Crippen LogP contribution in [0.2, 0.25) is 0 Å². The number of rotatable bonds is 7. The molecule has 0 aliphatic carbocycles. The second-order valence-corrected chi connectivity index (χ2v) is 11.3. The van der Waals surface area contributed by atoms with Crippen LogP contribution >= 0.6 is 0 Å². The number of amides is 2. The molecule has 1 fully saturated rings. The number of methoxy groups -OCH3 is 1. The third kappa shape index (κ3) is 5.67. The van der Waals surface area contributed by atoms with Crippen molar-refractivity contribution in [1.29, 1.82) is 0 Å². The van der Waals surface area contributed by atoms with Crippen LogP contribution < -0.4 is 4.74 Å². The van der Waals surface area contributed by atoms with E-state index < -0.39 is 12.0 Å². The molecular weight excluding hydrogens is 527 g/mol. The van der Waals surface area contributed by atoms with Crippen LogP contribution in [0.1, 0.15) is 57.4 Å². The van der Waals surface area contributed by atoms with Crippen molar-refractivity contribution in [1.82, 2.24) is 9.80 Å². The van der Waals surface area contributed by atoms with Gasteiger partial charge in [0.15, 0.2) is 0 Å². The summed E-state index contributed by atoms with van der Waals surface area (Å²) in [6, 6.07) is 31.3. The molecule has 0 saturated carbocycles. The van der Waals surface area contributed by atoms with Crippen molar-refractivity contribution < 1.29 is 18.7 Å². The molecule has 2 aliphatic heterocycles. The standard InChI is InChI=1S/C36H35FN2O3/c1-42-30-17-13-28(14-18-30)34-33(36(41)38-21-19-26(20-22-38)23-25-7-3-2-4-8-25)31-9-5-6-10-32(31)35(40)39(34)24-27-11-15-29(37)16-12-27/h2-18,26,33-34H,19-24H2,1H3.